The fraction of sp³-hybridized carbons (Fsp3) is 0.529. The van der Waals surface area contributed by atoms with Crippen LogP contribution >= 0.6 is 11.3 Å². The Morgan fingerprint density at radius 1 is 1.29 bits per heavy atom. The largest absolute Gasteiger partial charge is 0.494 e. The molecule has 2 aromatic rings. The zero-order valence-corrected chi connectivity index (χ0v) is 13.6. The van der Waals surface area contributed by atoms with Crippen LogP contribution in [0, 0.1) is 11.2 Å². The van der Waals surface area contributed by atoms with E-state index in [4.69, 9.17) is 9.47 Å². The number of benzene rings is 1. The monoisotopic (exact) mass is 308 g/mol. The van der Waals surface area contributed by atoms with E-state index in [1.165, 1.54) is 37.4 Å². The van der Waals surface area contributed by atoms with Crippen LogP contribution in [0.25, 0.3) is 10.1 Å². The number of methoxy groups -OCH3 is 1. The fourth-order valence-electron chi connectivity index (χ4n) is 3.16. The first-order valence-electron chi connectivity index (χ1n) is 7.40. The van der Waals surface area contributed by atoms with Crippen molar-refractivity contribution in [1.29, 1.82) is 0 Å². The summed E-state index contributed by atoms with van der Waals surface area (Å²) in [4.78, 5) is 0. The van der Waals surface area contributed by atoms with Gasteiger partial charge in [0.05, 0.1) is 13.2 Å². The molecule has 1 aromatic heterocycles. The molecule has 1 heterocycles. The minimum atomic E-state index is -0.322. The van der Waals surface area contributed by atoms with Gasteiger partial charge in [0, 0.05) is 15.5 Å². The van der Waals surface area contributed by atoms with Gasteiger partial charge in [-0.15, -0.1) is 11.3 Å². The Balaban J connectivity index is 1.87. The van der Waals surface area contributed by atoms with E-state index in [1.807, 2.05) is 5.38 Å². The third-order valence-electron chi connectivity index (χ3n) is 4.27. The minimum Gasteiger partial charge on any atom is -0.494 e. The zero-order chi connectivity index (χ0) is 15.0. The van der Waals surface area contributed by atoms with Crippen molar-refractivity contribution >= 4 is 21.4 Å². The molecule has 0 bridgehead atoms. The fourth-order valence-corrected chi connectivity index (χ4v) is 4.04. The highest BCUT2D eigenvalue weighted by molar-refractivity contribution is 7.17. The third kappa shape index (κ3) is 3.00. The van der Waals surface area contributed by atoms with Crippen LogP contribution in [0.4, 0.5) is 4.39 Å². The Morgan fingerprint density at radius 2 is 2.10 bits per heavy atom. The Bertz CT molecular complexity index is 648. The maximum absolute atomic E-state index is 13.7. The lowest BCUT2D eigenvalue weighted by atomic mass is 9.76. The van der Waals surface area contributed by atoms with Gasteiger partial charge in [-0.2, -0.15) is 0 Å². The van der Waals surface area contributed by atoms with Gasteiger partial charge >= 0.3 is 0 Å². The summed E-state index contributed by atoms with van der Waals surface area (Å²) in [6.45, 7) is 4.60. The van der Waals surface area contributed by atoms with E-state index >= 15 is 0 Å². The van der Waals surface area contributed by atoms with Crippen molar-refractivity contribution in [2.75, 3.05) is 7.11 Å². The SMILES string of the molecule is COc1cc2c(OC3CCCC(C)(C)C3)csc2cc1F. The molecule has 4 heteroatoms. The Labute approximate surface area is 128 Å². The molecule has 1 saturated carbocycles. The Morgan fingerprint density at radius 3 is 2.81 bits per heavy atom. The van der Waals surface area contributed by atoms with Crippen LogP contribution in [-0.2, 0) is 0 Å². The number of hydrogen-bond acceptors (Lipinski definition) is 3. The van der Waals surface area contributed by atoms with Crippen molar-refractivity contribution in [1.82, 2.24) is 0 Å². The average molecular weight is 308 g/mol. The summed E-state index contributed by atoms with van der Waals surface area (Å²) < 4.78 is 25.9. The molecule has 0 radical (unpaired) electrons. The van der Waals surface area contributed by atoms with Crippen molar-refractivity contribution in [2.45, 2.75) is 45.6 Å². The highest BCUT2D eigenvalue weighted by Gasteiger charge is 2.29. The summed E-state index contributed by atoms with van der Waals surface area (Å²) >= 11 is 1.52. The zero-order valence-electron chi connectivity index (χ0n) is 12.7. The highest BCUT2D eigenvalue weighted by atomic mass is 32.1. The molecule has 1 aliphatic carbocycles. The highest BCUT2D eigenvalue weighted by Crippen LogP contribution is 2.41. The standard InChI is InChI=1S/C17H21FO2S/c1-17(2)6-4-5-11(9-17)20-15-10-21-16-8-13(18)14(19-3)7-12(15)16/h7-8,10-11H,4-6,9H2,1-3H3. The molecule has 114 valence electrons. The van der Waals surface area contributed by atoms with Crippen LogP contribution in [0.2, 0.25) is 0 Å². The first-order valence-corrected chi connectivity index (χ1v) is 8.28. The van der Waals surface area contributed by atoms with Gasteiger partial charge in [0.1, 0.15) is 5.75 Å². The van der Waals surface area contributed by atoms with E-state index in [0.29, 0.717) is 5.41 Å². The number of rotatable bonds is 3. The van der Waals surface area contributed by atoms with Crippen LogP contribution in [0.1, 0.15) is 39.5 Å². The first kappa shape index (κ1) is 14.6. The second-order valence-corrected chi connectivity index (χ2v) is 7.49. The van der Waals surface area contributed by atoms with Crippen LogP contribution in [0.15, 0.2) is 17.5 Å². The molecule has 1 atom stereocenters. The topological polar surface area (TPSA) is 18.5 Å². The van der Waals surface area contributed by atoms with Gasteiger partial charge in [-0.1, -0.05) is 13.8 Å². The van der Waals surface area contributed by atoms with Crippen molar-refractivity contribution in [2.24, 2.45) is 5.41 Å². The molecule has 0 amide bonds. The second-order valence-electron chi connectivity index (χ2n) is 6.58. The van der Waals surface area contributed by atoms with Crippen molar-refractivity contribution in [3.63, 3.8) is 0 Å². The lowest BCUT2D eigenvalue weighted by Crippen LogP contribution is -2.30. The molecule has 21 heavy (non-hydrogen) atoms. The molecule has 1 aromatic carbocycles. The molecule has 0 spiro atoms. The van der Waals surface area contributed by atoms with E-state index in [0.717, 1.165) is 28.7 Å². The summed E-state index contributed by atoms with van der Waals surface area (Å²) in [5.74, 6) is 0.808. The predicted octanol–water partition coefficient (Wildman–Crippen LogP) is 5.40. The van der Waals surface area contributed by atoms with Gasteiger partial charge in [0.2, 0.25) is 0 Å². The van der Waals surface area contributed by atoms with Gasteiger partial charge < -0.3 is 9.47 Å². The molecule has 3 rings (SSSR count). The van der Waals surface area contributed by atoms with Gasteiger partial charge in [-0.25, -0.2) is 4.39 Å². The Hall–Kier alpha value is -1.29. The van der Waals surface area contributed by atoms with Crippen molar-refractivity contribution in [3.8, 4) is 11.5 Å². The van der Waals surface area contributed by atoms with E-state index in [-0.39, 0.29) is 17.7 Å². The predicted molar refractivity (Wildman–Crippen MR) is 85.0 cm³/mol. The van der Waals surface area contributed by atoms with Crippen LogP contribution in [-0.4, -0.2) is 13.2 Å². The third-order valence-corrected chi connectivity index (χ3v) is 5.19. The van der Waals surface area contributed by atoms with E-state index in [9.17, 15) is 4.39 Å². The lowest BCUT2D eigenvalue weighted by Gasteiger charge is -2.35. The lowest BCUT2D eigenvalue weighted by molar-refractivity contribution is 0.0866. The molecule has 0 aliphatic heterocycles. The molecule has 0 saturated heterocycles. The molecule has 1 unspecified atom stereocenters. The Kier molecular flexibility index (Phi) is 3.82. The number of halogens is 1. The van der Waals surface area contributed by atoms with Crippen LogP contribution < -0.4 is 9.47 Å². The quantitative estimate of drug-likeness (QED) is 0.756. The summed E-state index contributed by atoms with van der Waals surface area (Å²) in [6.07, 6.45) is 4.89. The molecular weight excluding hydrogens is 287 g/mol. The average Bonchev–Trinajstić information content (AvgIpc) is 2.79. The van der Waals surface area contributed by atoms with Crippen LogP contribution in [0.5, 0.6) is 11.5 Å². The summed E-state index contributed by atoms with van der Waals surface area (Å²) in [7, 11) is 1.49. The number of ether oxygens (including phenoxy) is 2. The van der Waals surface area contributed by atoms with Crippen molar-refractivity contribution in [3.05, 3.63) is 23.3 Å². The normalized spacial score (nSPS) is 21.4. The smallest absolute Gasteiger partial charge is 0.166 e. The first-order chi connectivity index (χ1) is 9.98. The molecule has 2 nitrogen and oxygen atoms in total. The van der Waals surface area contributed by atoms with Gasteiger partial charge in [0.15, 0.2) is 11.6 Å². The number of thiophene rings is 1. The molecular formula is C17H21FO2S. The summed E-state index contributed by atoms with van der Waals surface area (Å²) in [6, 6.07) is 3.26. The molecule has 1 aliphatic rings. The van der Waals surface area contributed by atoms with Gasteiger partial charge in [-0.3, -0.25) is 0 Å². The maximum atomic E-state index is 13.7. The minimum absolute atomic E-state index is 0.252. The molecule has 1 fully saturated rings. The second kappa shape index (κ2) is 5.48. The number of fused-ring (bicyclic) bond motifs is 1. The van der Waals surface area contributed by atoms with E-state index < -0.39 is 0 Å². The van der Waals surface area contributed by atoms with Crippen molar-refractivity contribution < 1.29 is 13.9 Å². The summed E-state index contributed by atoms with van der Waals surface area (Å²) in [5, 5.41) is 2.92. The van der Waals surface area contributed by atoms with E-state index in [1.54, 1.807) is 6.07 Å². The van der Waals surface area contributed by atoms with Gasteiger partial charge in [-0.05, 0) is 43.2 Å². The van der Waals surface area contributed by atoms with Crippen LogP contribution in [0.3, 0.4) is 0 Å². The summed E-state index contributed by atoms with van der Waals surface area (Å²) in [5.41, 5.74) is 0.346. The number of hydrogen-bond donors (Lipinski definition) is 0. The van der Waals surface area contributed by atoms with E-state index in [2.05, 4.69) is 13.8 Å². The molecule has 0 N–H and O–H groups in total. The maximum Gasteiger partial charge on any atom is 0.166 e. The van der Waals surface area contributed by atoms with Gasteiger partial charge in [0.25, 0.3) is 0 Å².